The monoisotopic (exact) mass is 383 g/mol. The van der Waals surface area contributed by atoms with Gasteiger partial charge in [0, 0.05) is 31.3 Å². The fourth-order valence-electron chi connectivity index (χ4n) is 2.58. The van der Waals surface area contributed by atoms with Gasteiger partial charge in [0.25, 0.3) is 11.8 Å². The quantitative estimate of drug-likeness (QED) is 0.609. The lowest BCUT2D eigenvalue weighted by molar-refractivity contribution is -0.119. The molecule has 3 amide bonds. The van der Waals surface area contributed by atoms with Gasteiger partial charge in [0.05, 0.1) is 0 Å². The van der Waals surface area contributed by atoms with Crippen LogP contribution in [0.4, 0.5) is 5.69 Å². The molecule has 0 atom stereocenters. The first kappa shape index (κ1) is 21.0. The summed E-state index contributed by atoms with van der Waals surface area (Å²) >= 11 is 0. The van der Waals surface area contributed by atoms with Gasteiger partial charge >= 0.3 is 0 Å². The average Bonchev–Trinajstić information content (AvgIpc) is 2.63. The predicted molar refractivity (Wildman–Crippen MR) is 107 cm³/mol. The van der Waals surface area contributed by atoms with Crippen molar-refractivity contribution in [1.82, 2.24) is 10.6 Å². The number of ether oxygens (including phenoxy) is 1. The summed E-state index contributed by atoms with van der Waals surface area (Å²) in [6.45, 7) is 5.97. The van der Waals surface area contributed by atoms with Crippen LogP contribution in [0.5, 0.6) is 5.75 Å². The van der Waals surface area contributed by atoms with Gasteiger partial charge in [0.15, 0.2) is 6.61 Å². The highest BCUT2D eigenvalue weighted by Gasteiger charge is 2.07. The zero-order valence-corrected chi connectivity index (χ0v) is 16.3. The maximum Gasteiger partial charge on any atom is 0.262 e. The molecule has 2 aromatic rings. The summed E-state index contributed by atoms with van der Waals surface area (Å²) in [4.78, 5) is 34.8. The molecule has 0 saturated heterocycles. The van der Waals surface area contributed by atoms with Gasteiger partial charge in [-0.25, -0.2) is 0 Å². The van der Waals surface area contributed by atoms with Crippen molar-refractivity contribution in [3.05, 3.63) is 59.2 Å². The van der Waals surface area contributed by atoms with Crippen LogP contribution >= 0.6 is 0 Å². The average molecular weight is 383 g/mol. The summed E-state index contributed by atoms with van der Waals surface area (Å²) in [6.07, 6.45) is 0. The van der Waals surface area contributed by atoms with Crippen LogP contribution < -0.4 is 20.7 Å². The van der Waals surface area contributed by atoms with E-state index in [0.29, 0.717) is 30.1 Å². The van der Waals surface area contributed by atoms with Crippen molar-refractivity contribution in [2.24, 2.45) is 0 Å². The molecule has 7 heteroatoms. The Kier molecular flexibility index (Phi) is 7.56. The van der Waals surface area contributed by atoms with E-state index in [4.69, 9.17) is 4.74 Å². The van der Waals surface area contributed by atoms with Crippen molar-refractivity contribution in [2.75, 3.05) is 25.0 Å². The molecule has 0 aliphatic carbocycles. The van der Waals surface area contributed by atoms with Gasteiger partial charge in [-0.1, -0.05) is 6.07 Å². The SMILES string of the molecule is CC(=O)NCCNC(=O)c1ccc(NC(=O)COc2cc(C)cc(C)c2)cc1. The molecule has 0 heterocycles. The number of nitrogens with one attached hydrogen (secondary N) is 3. The van der Waals surface area contributed by atoms with Gasteiger partial charge in [-0.05, 0) is 61.4 Å². The third-order valence-electron chi connectivity index (χ3n) is 3.78. The molecule has 0 spiro atoms. The highest BCUT2D eigenvalue weighted by Crippen LogP contribution is 2.16. The Labute approximate surface area is 164 Å². The van der Waals surface area contributed by atoms with Gasteiger partial charge < -0.3 is 20.7 Å². The Morgan fingerprint density at radius 3 is 2.11 bits per heavy atom. The highest BCUT2D eigenvalue weighted by molar-refractivity contribution is 5.96. The van der Waals surface area contributed by atoms with E-state index in [2.05, 4.69) is 16.0 Å². The minimum absolute atomic E-state index is 0.103. The molecule has 0 saturated carbocycles. The number of rotatable bonds is 8. The summed E-state index contributed by atoms with van der Waals surface area (Å²) < 4.78 is 5.53. The Bertz CT molecular complexity index is 827. The number of aryl methyl sites for hydroxylation is 2. The summed E-state index contributed by atoms with van der Waals surface area (Å²) in [6, 6.07) is 12.3. The Balaban J connectivity index is 1.80. The Hall–Kier alpha value is -3.35. The number of amides is 3. The highest BCUT2D eigenvalue weighted by atomic mass is 16.5. The van der Waals surface area contributed by atoms with Crippen molar-refractivity contribution >= 4 is 23.4 Å². The van der Waals surface area contributed by atoms with Crippen molar-refractivity contribution in [3.8, 4) is 5.75 Å². The van der Waals surface area contributed by atoms with E-state index in [0.717, 1.165) is 11.1 Å². The number of carbonyl (C=O) groups is 3. The van der Waals surface area contributed by atoms with E-state index in [9.17, 15) is 14.4 Å². The van der Waals surface area contributed by atoms with Crippen molar-refractivity contribution in [1.29, 1.82) is 0 Å². The van der Waals surface area contributed by atoms with Crippen LogP contribution in [-0.4, -0.2) is 37.4 Å². The van der Waals surface area contributed by atoms with E-state index in [-0.39, 0.29) is 24.3 Å². The molecule has 0 radical (unpaired) electrons. The second-order valence-corrected chi connectivity index (χ2v) is 6.48. The number of hydrogen-bond acceptors (Lipinski definition) is 4. The zero-order valence-electron chi connectivity index (χ0n) is 16.3. The second kappa shape index (κ2) is 10.1. The molecule has 2 rings (SSSR count). The first-order chi connectivity index (χ1) is 13.3. The van der Waals surface area contributed by atoms with Gasteiger partial charge in [-0.2, -0.15) is 0 Å². The molecule has 3 N–H and O–H groups in total. The molecule has 0 aliphatic rings. The molecule has 2 aromatic carbocycles. The molecule has 7 nitrogen and oxygen atoms in total. The molecular weight excluding hydrogens is 358 g/mol. The maximum absolute atomic E-state index is 12.1. The van der Waals surface area contributed by atoms with Crippen LogP contribution in [0.25, 0.3) is 0 Å². The van der Waals surface area contributed by atoms with Crippen LogP contribution in [0.15, 0.2) is 42.5 Å². The van der Waals surface area contributed by atoms with Crippen molar-refractivity contribution in [2.45, 2.75) is 20.8 Å². The van der Waals surface area contributed by atoms with Crippen LogP contribution in [0.1, 0.15) is 28.4 Å². The number of anilines is 1. The first-order valence-electron chi connectivity index (χ1n) is 8.97. The minimum atomic E-state index is -0.285. The summed E-state index contributed by atoms with van der Waals surface area (Å²) in [7, 11) is 0. The second-order valence-electron chi connectivity index (χ2n) is 6.48. The third kappa shape index (κ3) is 7.11. The molecule has 0 fully saturated rings. The predicted octanol–water partition coefficient (Wildman–Crippen LogP) is 2.19. The first-order valence-corrected chi connectivity index (χ1v) is 8.97. The molecule has 0 unspecified atom stereocenters. The van der Waals surface area contributed by atoms with Crippen LogP contribution in [-0.2, 0) is 9.59 Å². The minimum Gasteiger partial charge on any atom is -0.484 e. The topological polar surface area (TPSA) is 96.5 Å². The van der Waals surface area contributed by atoms with E-state index < -0.39 is 0 Å². The molecule has 0 bridgehead atoms. The third-order valence-corrected chi connectivity index (χ3v) is 3.78. The van der Waals surface area contributed by atoms with E-state index >= 15 is 0 Å². The van der Waals surface area contributed by atoms with Crippen LogP contribution in [0.2, 0.25) is 0 Å². The largest absolute Gasteiger partial charge is 0.484 e. The molecular formula is C21H25N3O4. The summed E-state index contributed by atoms with van der Waals surface area (Å²) in [5.41, 5.74) is 3.18. The fourth-order valence-corrected chi connectivity index (χ4v) is 2.58. The fraction of sp³-hybridized carbons (Fsp3) is 0.286. The van der Waals surface area contributed by atoms with Crippen LogP contribution in [0, 0.1) is 13.8 Å². The van der Waals surface area contributed by atoms with Gasteiger partial charge in [0.1, 0.15) is 5.75 Å². The lowest BCUT2D eigenvalue weighted by Crippen LogP contribution is -2.33. The van der Waals surface area contributed by atoms with E-state index in [1.54, 1.807) is 24.3 Å². The lowest BCUT2D eigenvalue weighted by Gasteiger charge is -2.10. The molecule has 148 valence electrons. The molecule has 0 aliphatic heterocycles. The van der Waals surface area contributed by atoms with Crippen LogP contribution in [0.3, 0.4) is 0 Å². The Morgan fingerprint density at radius 2 is 1.50 bits per heavy atom. The smallest absolute Gasteiger partial charge is 0.262 e. The number of carbonyl (C=O) groups excluding carboxylic acids is 3. The maximum atomic E-state index is 12.1. The van der Waals surface area contributed by atoms with Gasteiger partial charge in [-0.3, -0.25) is 14.4 Å². The number of benzene rings is 2. The standard InChI is InChI=1S/C21H25N3O4/c1-14-10-15(2)12-19(11-14)28-13-20(26)24-18-6-4-17(5-7-18)21(27)23-9-8-22-16(3)25/h4-7,10-12H,8-9,13H2,1-3H3,(H,22,25)(H,23,27)(H,24,26). The molecule has 28 heavy (non-hydrogen) atoms. The Morgan fingerprint density at radius 1 is 0.893 bits per heavy atom. The van der Waals surface area contributed by atoms with Gasteiger partial charge in [-0.15, -0.1) is 0 Å². The van der Waals surface area contributed by atoms with Gasteiger partial charge in [0.2, 0.25) is 5.91 Å². The van der Waals surface area contributed by atoms with E-state index in [1.165, 1.54) is 6.92 Å². The lowest BCUT2D eigenvalue weighted by atomic mass is 10.1. The zero-order chi connectivity index (χ0) is 20.5. The van der Waals surface area contributed by atoms with Crippen molar-refractivity contribution < 1.29 is 19.1 Å². The normalized spacial score (nSPS) is 10.1. The number of hydrogen-bond donors (Lipinski definition) is 3. The summed E-state index contributed by atoms with van der Waals surface area (Å²) in [5, 5.41) is 8.03. The summed E-state index contributed by atoms with van der Waals surface area (Å²) in [5.74, 6) is -0.0252. The molecule has 0 aromatic heterocycles. The van der Waals surface area contributed by atoms with E-state index in [1.807, 2.05) is 32.0 Å². The van der Waals surface area contributed by atoms with Crippen molar-refractivity contribution in [3.63, 3.8) is 0 Å².